The van der Waals surface area contributed by atoms with Gasteiger partial charge in [-0.3, -0.25) is 0 Å². The molecule has 0 aliphatic carbocycles. The van der Waals surface area contributed by atoms with Gasteiger partial charge in [0.15, 0.2) is 0 Å². The van der Waals surface area contributed by atoms with E-state index in [-0.39, 0.29) is 29.7 Å². The molecule has 1 nitrogen and oxygen atoms in total. The Morgan fingerprint density at radius 1 is 0.294 bits per heavy atom. The summed E-state index contributed by atoms with van der Waals surface area (Å²) in [6.45, 7) is 0. The van der Waals surface area contributed by atoms with Crippen molar-refractivity contribution in [2.45, 2.75) is 0 Å². The highest BCUT2D eigenvalue weighted by molar-refractivity contribution is 6.23. The van der Waals surface area contributed by atoms with Crippen LogP contribution in [0.15, 0.2) is 198 Å². The maximum Gasteiger partial charge on any atom is 0.136 e. The lowest BCUT2D eigenvalue weighted by atomic mass is 9.83. The maximum atomic E-state index is 8.54. The Balaban J connectivity index is 1.25. The summed E-state index contributed by atoms with van der Waals surface area (Å²) in [7, 11) is 0. The summed E-state index contributed by atoms with van der Waals surface area (Å²) in [5, 5.41) is 6.40. The minimum absolute atomic E-state index is 0.152. The fourth-order valence-electron chi connectivity index (χ4n) is 7.56. The largest absolute Gasteiger partial charge is 0.456 e. The van der Waals surface area contributed by atoms with Crippen LogP contribution in [0, 0.1) is 0 Å². The first-order chi connectivity index (χ1) is 27.4. The van der Waals surface area contributed by atoms with E-state index in [0.29, 0.717) is 16.7 Å². The molecule has 51 heavy (non-hydrogen) atoms. The first-order valence-corrected chi connectivity index (χ1v) is 17.1. The third-order valence-electron chi connectivity index (χ3n) is 9.94. The molecule has 0 saturated carbocycles. The van der Waals surface area contributed by atoms with E-state index in [4.69, 9.17) is 11.3 Å². The van der Waals surface area contributed by atoms with Gasteiger partial charge in [-0.1, -0.05) is 158 Å². The molecule has 0 saturated heterocycles. The van der Waals surface area contributed by atoms with Crippen LogP contribution in [-0.4, -0.2) is 0 Å². The second-order valence-corrected chi connectivity index (χ2v) is 12.9. The van der Waals surface area contributed by atoms with Crippen LogP contribution in [0.25, 0.3) is 99.1 Å². The van der Waals surface area contributed by atoms with Crippen molar-refractivity contribution in [2.24, 2.45) is 0 Å². The third-order valence-corrected chi connectivity index (χ3v) is 9.94. The zero-order valence-electron chi connectivity index (χ0n) is 32.5. The van der Waals surface area contributed by atoms with Crippen molar-refractivity contribution in [1.29, 1.82) is 0 Å². The molecule has 0 N–H and O–H groups in total. The zero-order valence-corrected chi connectivity index (χ0v) is 27.5. The minimum Gasteiger partial charge on any atom is -0.456 e. The van der Waals surface area contributed by atoms with E-state index in [0.717, 1.165) is 71.3 Å². The van der Waals surface area contributed by atoms with Gasteiger partial charge in [-0.25, -0.2) is 0 Å². The molecule has 238 valence electrons. The van der Waals surface area contributed by atoms with Gasteiger partial charge in [0.05, 0.1) is 6.85 Å². The van der Waals surface area contributed by atoms with Gasteiger partial charge in [-0.2, -0.15) is 0 Å². The van der Waals surface area contributed by atoms with Crippen molar-refractivity contribution >= 4 is 43.5 Å². The molecule has 0 aliphatic heterocycles. The number of furan rings is 1. The standard InChI is InChI=1S/C50H32O/c1-5-13-33(14-6-1)37-23-27-43-45(29-37)49(36-19-11-4-12-20-36)42-26-22-38(34-15-7-2-8-16-34)30-46(42)50(43)40-24-28-47-44(31-40)41-25-21-39(32-48(41)51-47)35-17-9-3-10-18-35/h1-32H/i3D,9D,10D,17D,18D. The summed E-state index contributed by atoms with van der Waals surface area (Å²) in [6, 6.07) is 55.5. The summed E-state index contributed by atoms with van der Waals surface area (Å²) >= 11 is 0. The quantitative estimate of drug-likeness (QED) is 0.169. The Hall–Kier alpha value is -6.70. The van der Waals surface area contributed by atoms with Crippen molar-refractivity contribution in [1.82, 2.24) is 0 Å². The lowest BCUT2D eigenvalue weighted by Gasteiger charge is -2.20. The van der Waals surface area contributed by atoms with Crippen LogP contribution in [0.5, 0.6) is 0 Å². The summed E-state index contributed by atoms with van der Waals surface area (Å²) in [6.07, 6.45) is 0. The molecule has 0 atom stereocenters. The molecule has 10 aromatic rings. The van der Waals surface area contributed by atoms with Gasteiger partial charge in [-0.15, -0.1) is 0 Å². The molecular weight excluding hydrogens is 617 g/mol. The first-order valence-electron chi connectivity index (χ1n) is 19.6. The van der Waals surface area contributed by atoms with Crippen molar-refractivity contribution in [2.75, 3.05) is 0 Å². The van der Waals surface area contributed by atoms with Crippen LogP contribution in [-0.2, 0) is 0 Å². The van der Waals surface area contributed by atoms with E-state index in [9.17, 15) is 0 Å². The van der Waals surface area contributed by atoms with Crippen LogP contribution in [0.3, 0.4) is 0 Å². The van der Waals surface area contributed by atoms with E-state index in [1.54, 1.807) is 6.07 Å². The number of benzene rings is 9. The van der Waals surface area contributed by atoms with Gasteiger partial charge in [0.2, 0.25) is 0 Å². The van der Waals surface area contributed by atoms with E-state index < -0.39 is 6.04 Å². The number of fused-ring (bicyclic) bond motifs is 5. The SMILES string of the molecule is [2H]c1c([2H])c([2H])c(-c2ccc3c(c2)oc2ccc(-c4c5ccc(-c6ccccc6)cc5c(-c5ccccc5)c5ccc(-c6ccccc6)cc45)cc23)c([2H])c1[2H]. The molecule has 0 amide bonds. The van der Waals surface area contributed by atoms with Gasteiger partial charge in [-0.05, 0) is 114 Å². The van der Waals surface area contributed by atoms with E-state index in [1.807, 2.05) is 30.3 Å². The van der Waals surface area contributed by atoms with E-state index in [2.05, 4.69) is 127 Å². The molecule has 1 heteroatoms. The van der Waals surface area contributed by atoms with Gasteiger partial charge < -0.3 is 4.42 Å². The number of hydrogen-bond acceptors (Lipinski definition) is 1. The number of hydrogen-bond donors (Lipinski definition) is 0. The van der Waals surface area contributed by atoms with E-state index in [1.165, 1.54) is 5.56 Å². The Morgan fingerprint density at radius 2 is 0.765 bits per heavy atom. The minimum atomic E-state index is -0.412. The lowest BCUT2D eigenvalue weighted by molar-refractivity contribution is 0.669. The molecule has 9 aromatic carbocycles. The highest BCUT2D eigenvalue weighted by Gasteiger charge is 2.20. The topological polar surface area (TPSA) is 13.1 Å². The van der Waals surface area contributed by atoms with Crippen LogP contribution in [0.1, 0.15) is 6.85 Å². The summed E-state index contributed by atoms with van der Waals surface area (Å²) < 4.78 is 47.9. The third kappa shape index (κ3) is 5.02. The Morgan fingerprint density at radius 3 is 1.35 bits per heavy atom. The van der Waals surface area contributed by atoms with Crippen molar-refractivity contribution in [3.8, 4) is 55.6 Å². The molecule has 1 aromatic heterocycles. The Bertz CT molecular complexity index is 3140. The smallest absolute Gasteiger partial charge is 0.136 e. The van der Waals surface area contributed by atoms with E-state index >= 15 is 0 Å². The fraction of sp³-hybridized carbons (Fsp3) is 0. The van der Waals surface area contributed by atoms with Gasteiger partial charge in [0.25, 0.3) is 0 Å². The first kappa shape index (κ1) is 24.4. The average Bonchev–Trinajstić information content (AvgIpc) is 3.62. The zero-order chi connectivity index (χ0) is 38.1. The highest BCUT2D eigenvalue weighted by Crippen LogP contribution is 2.47. The molecule has 10 rings (SSSR count). The number of rotatable bonds is 5. The molecule has 1 heterocycles. The molecule has 0 aliphatic rings. The highest BCUT2D eigenvalue weighted by atomic mass is 16.3. The summed E-state index contributed by atoms with van der Waals surface area (Å²) in [5.74, 6) is 0. The van der Waals surface area contributed by atoms with Gasteiger partial charge >= 0.3 is 0 Å². The summed E-state index contributed by atoms with van der Waals surface area (Å²) in [4.78, 5) is 0. The molecule has 0 fully saturated rings. The molecular formula is C50H32O. The average molecular weight is 654 g/mol. The molecule has 0 bridgehead atoms. The van der Waals surface area contributed by atoms with Crippen LogP contribution < -0.4 is 0 Å². The van der Waals surface area contributed by atoms with Crippen LogP contribution in [0.2, 0.25) is 0 Å². The molecule has 0 unspecified atom stereocenters. The Labute approximate surface area is 303 Å². The van der Waals surface area contributed by atoms with Gasteiger partial charge in [0, 0.05) is 10.8 Å². The monoisotopic (exact) mass is 653 g/mol. The fourth-order valence-corrected chi connectivity index (χ4v) is 7.56. The van der Waals surface area contributed by atoms with Gasteiger partial charge in [0.1, 0.15) is 11.2 Å². The second kappa shape index (κ2) is 12.0. The normalized spacial score (nSPS) is 12.9. The van der Waals surface area contributed by atoms with Crippen LogP contribution in [0.4, 0.5) is 0 Å². The maximum absolute atomic E-state index is 8.54. The van der Waals surface area contributed by atoms with Crippen molar-refractivity contribution < 1.29 is 11.3 Å². The predicted octanol–water partition coefficient (Wildman–Crippen LogP) is 14.2. The second-order valence-electron chi connectivity index (χ2n) is 12.9. The van der Waals surface area contributed by atoms with Crippen molar-refractivity contribution in [3.63, 3.8) is 0 Å². The van der Waals surface area contributed by atoms with Crippen LogP contribution >= 0.6 is 0 Å². The lowest BCUT2D eigenvalue weighted by Crippen LogP contribution is -1.92. The molecule has 0 radical (unpaired) electrons. The Kier molecular flexibility index (Phi) is 5.76. The molecule has 0 spiro atoms. The summed E-state index contributed by atoms with van der Waals surface area (Å²) in [5.41, 5.74) is 11.0. The predicted molar refractivity (Wildman–Crippen MR) is 216 cm³/mol. The van der Waals surface area contributed by atoms with Crippen molar-refractivity contribution in [3.05, 3.63) is 194 Å².